The molecule has 2 aliphatic rings. The van der Waals surface area contributed by atoms with Crippen molar-refractivity contribution in [2.45, 2.75) is 136 Å². The van der Waals surface area contributed by atoms with E-state index in [2.05, 4.69) is 0 Å². The Hall–Kier alpha value is -1.14. The normalized spacial score (nSPS) is 46.6. The summed E-state index contributed by atoms with van der Waals surface area (Å²) in [6, 6.07) is -0.233. The molecule has 14 atom stereocenters. The van der Waals surface area contributed by atoms with Crippen LogP contribution in [0.15, 0.2) is 0 Å². The summed E-state index contributed by atoms with van der Waals surface area (Å²) in [4.78, 5) is 28.8. The molecule has 0 saturated carbocycles. The second-order valence-corrected chi connectivity index (χ2v) is 12.7. The summed E-state index contributed by atoms with van der Waals surface area (Å²) < 4.78 is 18.3. The number of hydrogen-bond donors (Lipinski definition) is 4. The van der Waals surface area contributed by atoms with Crippen LogP contribution in [-0.2, 0) is 23.8 Å². The Morgan fingerprint density at radius 3 is 2.12 bits per heavy atom. The van der Waals surface area contributed by atoms with Gasteiger partial charge in [0.05, 0.1) is 42.0 Å². The highest BCUT2D eigenvalue weighted by molar-refractivity contribution is 5.83. The SMILES string of the molecule is CC[C@H]1OC(=O)[C@H](C)[C@@H](O[C@H]2CC(N(C)CC)C(O)[C@@H](C)O2)[C@H](C)[C@@H](O)[C@](C)(O)C[C@@H](C)C(=O)[C@H](C)[C@@H](O)[C@H]1C. The summed E-state index contributed by atoms with van der Waals surface area (Å²) in [5, 5.41) is 44.6. The average Bonchev–Trinajstić information content (AvgIpc) is 2.91. The zero-order valence-electron chi connectivity index (χ0n) is 26.1. The molecule has 2 fully saturated rings. The standard InChI is InChI=1S/C30H55NO9/c1-11-22-16(4)25(33)17(5)24(32)15(3)14-30(9,37)28(35)18(6)27(19(7)29(36)39-22)40-23-13-21(31(10)12-2)26(34)20(8)38-23/h15-23,25-28,33-35,37H,11-14H2,1-10H3/t15-,16+,17+,18+,19-,20-,21?,22-,23+,25+,26?,27+,28-,30-/m1/s1. The van der Waals surface area contributed by atoms with Crippen molar-refractivity contribution in [1.82, 2.24) is 4.90 Å². The fourth-order valence-electron chi connectivity index (χ4n) is 6.49. The van der Waals surface area contributed by atoms with Crippen LogP contribution in [0.4, 0.5) is 0 Å². The minimum atomic E-state index is -1.69. The third-order valence-electron chi connectivity index (χ3n) is 9.53. The largest absolute Gasteiger partial charge is 0.462 e. The molecular formula is C30H55NO9. The lowest BCUT2D eigenvalue weighted by atomic mass is 9.75. The Morgan fingerprint density at radius 1 is 0.975 bits per heavy atom. The molecule has 0 aromatic rings. The monoisotopic (exact) mass is 573 g/mol. The molecule has 4 N–H and O–H groups in total. The van der Waals surface area contributed by atoms with E-state index in [1.807, 2.05) is 25.8 Å². The summed E-state index contributed by atoms with van der Waals surface area (Å²) in [6.45, 7) is 16.3. The van der Waals surface area contributed by atoms with Crippen molar-refractivity contribution in [3.63, 3.8) is 0 Å². The molecular weight excluding hydrogens is 518 g/mol. The first-order valence-electron chi connectivity index (χ1n) is 15.0. The van der Waals surface area contributed by atoms with Crippen molar-refractivity contribution in [2.75, 3.05) is 13.6 Å². The molecule has 0 amide bonds. The van der Waals surface area contributed by atoms with Gasteiger partial charge in [0, 0.05) is 36.1 Å². The maximum Gasteiger partial charge on any atom is 0.311 e. The van der Waals surface area contributed by atoms with Crippen molar-refractivity contribution in [1.29, 1.82) is 0 Å². The Balaban J connectivity index is 2.48. The van der Waals surface area contributed by atoms with Crippen LogP contribution in [0.3, 0.4) is 0 Å². The Bertz CT molecular complexity index is 838. The van der Waals surface area contributed by atoms with Crippen LogP contribution < -0.4 is 0 Å². The highest BCUT2D eigenvalue weighted by Gasteiger charge is 2.47. The predicted molar refractivity (Wildman–Crippen MR) is 150 cm³/mol. The van der Waals surface area contributed by atoms with Gasteiger partial charge in [-0.3, -0.25) is 9.59 Å². The number of cyclic esters (lactones) is 1. The van der Waals surface area contributed by atoms with Gasteiger partial charge in [-0.2, -0.15) is 0 Å². The fourth-order valence-corrected chi connectivity index (χ4v) is 6.49. The molecule has 0 aliphatic carbocycles. The Morgan fingerprint density at radius 2 is 1.57 bits per heavy atom. The Kier molecular flexibility index (Phi) is 12.6. The Labute approximate surface area is 240 Å². The van der Waals surface area contributed by atoms with Crippen molar-refractivity contribution in [3.05, 3.63) is 0 Å². The summed E-state index contributed by atoms with van der Waals surface area (Å²) in [7, 11) is 1.91. The molecule has 0 aromatic carbocycles. The minimum Gasteiger partial charge on any atom is -0.462 e. The molecule has 40 heavy (non-hydrogen) atoms. The number of likely N-dealkylation sites (N-methyl/N-ethyl adjacent to an activating group) is 1. The van der Waals surface area contributed by atoms with Gasteiger partial charge in [-0.1, -0.05) is 41.5 Å². The molecule has 0 aromatic heterocycles. The first-order chi connectivity index (χ1) is 18.5. The van der Waals surface area contributed by atoms with Gasteiger partial charge < -0.3 is 39.5 Å². The van der Waals surface area contributed by atoms with Gasteiger partial charge in [0.15, 0.2) is 6.29 Å². The highest BCUT2D eigenvalue weighted by Crippen LogP contribution is 2.36. The summed E-state index contributed by atoms with van der Waals surface area (Å²) >= 11 is 0. The molecule has 0 radical (unpaired) electrons. The van der Waals surface area contributed by atoms with Crippen LogP contribution in [0, 0.1) is 29.6 Å². The number of carbonyl (C=O) groups excluding carboxylic acids is 2. The molecule has 234 valence electrons. The van der Waals surface area contributed by atoms with Gasteiger partial charge >= 0.3 is 5.97 Å². The number of rotatable bonds is 5. The van der Waals surface area contributed by atoms with Gasteiger partial charge in [-0.25, -0.2) is 0 Å². The maximum atomic E-state index is 13.5. The van der Waals surface area contributed by atoms with E-state index >= 15 is 0 Å². The molecule has 2 unspecified atom stereocenters. The van der Waals surface area contributed by atoms with Crippen LogP contribution in [-0.4, -0.2) is 105 Å². The van der Waals surface area contributed by atoms with Gasteiger partial charge in [0.25, 0.3) is 0 Å². The van der Waals surface area contributed by atoms with Crippen LogP contribution in [0.2, 0.25) is 0 Å². The van der Waals surface area contributed by atoms with Crippen LogP contribution in [0.25, 0.3) is 0 Å². The van der Waals surface area contributed by atoms with E-state index in [0.717, 1.165) is 0 Å². The van der Waals surface area contributed by atoms with Crippen molar-refractivity contribution in [3.8, 4) is 0 Å². The van der Waals surface area contributed by atoms with Crippen molar-refractivity contribution in [2.24, 2.45) is 29.6 Å². The second-order valence-electron chi connectivity index (χ2n) is 12.7. The van der Waals surface area contributed by atoms with Crippen LogP contribution in [0.1, 0.15) is 81.6 Å². The number of carbonyl (C=O) groups is 2. The van der Waals surface area contributed by atoms with Crippen LogP contribution >= 0.6 is 0 Å². The molecule has 0 spiro atoms. The number of esters is 1. The second kappa shape index (κ2) is 14.4. The highest BCUT2D eigenvalue weighted by atomic mass is 16.7. The zero-order chi connectivity index (χ0) is 30.7. The van der Waals surface area contributed by atoms with E-state index in [1.165, 1.54) is 6.92 Å². The van der Waals surface area contributed by atoms with Gasteiger partial charge in [0.1, 0.15) is 11.9 Å². The first-order valence-corrected chi connectivity index (χ1v) is 15.0. The van der Waals surface area contributed by atoms with Crippen molar-refractivity contribution < 1.29 is 44.2 Å². The van der Waals surface area contributed by atoms with E-state index in [4.69, 9.17) is 14.2 Å². The number of hydrogen-bond acceptors (Lipinski definition) is 10. The number of nitrogens with zero attached hydrogens (tertiary/aromatic N) is 1. The quantitative estimate of drug-likeness (QED) is 0.361. The molecule has 2 heterocycles. The molecule has 2 aliphatic heterocycles. The van der Waals surface area contributed by atoms with Crippen LogP contribution in [0.5, 0.6) is 0 Å². The molecule has 10 nitrogen and oxygen atoms in total. The smallest absolute Gasteiger partial charge is 0.311 e. The van der Waals surface area contributed by atoms with Gasteiger partial charge in [-0.15, -0.1) is 0 Å². The number of Topliss-reactive ketones (excluding diaryl/α,β-unsaturated/α-hetero) is 1. The van der Waals surface area contributed by atoms with E-state index in [9.17, 15) is 30.0 Å². The summed E-state index contributed by atoms with van der Waals surface area (Å²) in [5.74, 6) is -4.28. The fraction of sp³-hybridized carbons (Fsp3) is 0.933. The third-order valence-corrected chi connectivity index (χ3v) is 9.53. The van der Waals surface area contributed by atoms with E-state index < -0.39 is 84.1 Å². The molecule has 2 rings (SSSR count). The van der Waals surface area contributed by atoms with Gasteiger partial charge in [0.2, 0.25) is 0 Å². The lowest BCUT2D eigenvalue weighted by Gasteiger charge is -2.45. The average molecular weight is 574 g/mol. The number of aliphatic hydroxyl groups excluding tert-OH is 3. The lowest BCUT2D eigenvalue weighted by molar-refractivity contribution is -0.269. The number of aliphatic hydroxyl groups is 4. The maximum absolute atomic E-state index is 13.5. The first kappa shape index (κ1) is 35.1. The third kappa shape index (κ3) is 7.82. The van der Waals surface area contributed by atoms with Gasteiger partial charge in [-0.05, 0) is 47.2 Å². The van der Waals surface area contributed by atoms with E-state index in [-0.39, 0.29) is 18.2 Å². The number of ketones is 1. The zero-order valence-corrected chi connectivity index (χ0v) is 26.1. The summed E-state index contributed by atoms with van der Waals surface area (Å²) in [5.41, 5.74) is -1.69. The summed E-state index contributed by atoms with van der Waals surface area (Å²) in [6.07, 6.45) is -5.23. The molecule has 10 heteroatoms. The molecule has 0 bridgehead atoms. The van der Waals surface area contributed by atoms with Crippen molar-refractivity contribution >= 4 is 11.8 Å². The topological polar surface area (TPSA) is 146 Å². The molecule has 2 saturated heterocycles. The lowest BCUT2D eigenvalue weighted by Crippen LogP contribution is -2.57. The van der Waals surface area contributed by atoms with E-state index in [1.54, 1.807) is 41.5 Å². The van der Waals surface area contributed by atoms with E-state index in [0.29, 0.717) is 19.4 Å². The minimum absolute atomic E-state index is 0.0297. The number of ether oxygens (including phenoxy) is 3. The predicted octanol–water partition coefficient (Wildman–Crippen LogP) is 2.14.